The van der Waals surface area contributed by atoms with E-state index in [-0.39, 0.29) is 26.0 Å². The summed E-state index contributed by atoms with van der Waals surface area (Å²) in [5.74, 6) is -0.931. The second-order valence-electron chi connectivity index (χ2n) is 3.20. The lowest BCUT2D eigenvalue weighted by Gasteiger charge is -2.12. The molecule has 0 aromatic heterocycles. The molecule has 0 bridgehead atoms. The fraction of sp³-hybridized carbons (Fsp3) is 0.875. The van der Waals surface area contributed by atoms with Crippen LogP contribution in [0.15, 0.2) is 0 Å². The third kappa shape index (κ3) is 6.43. The average molecular weight is 239 g/mol. The molecule has 0 fully saturated rings. The normalized spacial score (nSPS) is 13.7. The molecule has 90 valence electrons. The van der Waals surface area contributed by atoms with Crippen molar-refractivity contribution in [2.45, 2.75) is 25.0 Å². The van der Waals surface area contributed by atoms with E-state index in [1.54, 1.807) is 0 Å². The van der Waals surface area contributed by atoms with Gasteiger partial charge in [-0.2, -0.15) is 0 Å². The summed E-state index contributed by atoms with van der Waals surface area (Å²) in [5.41, 5.74) is 0. The van der Waals surface area contributed by atoms with Gasteiger partial charge in [0, 0.05) is 20.1 Å². The first-order valence-corrected chi connectivity index (χ1v) is 6.14. The number of carboxylic acid groups (broad SMARTS) is 1. The number of ether oxygens (including phenoxy) is 1. The zero-order chi connectivity index (χ0) is 11.9. The standard InChI is InChI=1S/C8H17NO5S/c1-7(6-14-2)15(12,13)9-5-3-4-8(10)11/h7,9H,3-6H2,1-2H3,(H,10,11). The Hall–Kier alpha value is -0.660. The SMILES string of the molecule is COCC(C)S(=O)(=O)NCCCC(=O)O. The molecule has 0 saturated carbocycles. The van der Waals surface area contributed by atoms with Gasteiger partial charge in [0.1, 0.15) is 0 Å². The van der Waals surface area contributed by atoms with E-state index >= 15 is 0 Å². The molecule has 0 heterocycles. The Morgan fingerprint density at radius 1 is 1.53 bits per heavy atom. The summed E-state index contributed by atoms with van der Waals surface area (Å²) in [6.45, 7) is 1.79. The predicted molar refractivity (Wildman–Crippen MR) is 55.1 cm³/mol. The molecule has 0 aromatic carbocycles. The van der Waals surface area contributed by atoms with Gasteiger partial charge in [-0.3, -0.25) is 4.79 Å². The van der Waals surface area contributed by atoms with Crippen molar-refractivity contribution in [2.75, 3.05) is 20.3 Å². The first-order valence-electron chi connectivity index (χ1n) is 4.59. The van der Waals surface area contributed by atoms with Crippen molar-refractivity contribution in [3.63, 3.8) is 0 Å². The van der Waals surface area contributed by atoms with Crippen LogP contribution in [0.2, 0.25) is 0 Å². The summed E-state index contributed by atoms with van der Waals surface area (Å²) in [7, 11) is -1.96. The fourth-order valence-corrected chi connectivity index (χ4v) is 1.95. The molecule has 1 unspecified atom stereocenters. The Bertz CT molecular complexity index is 287. The van der Waals surface area contributed by atoms with Crippen molar-refractivity contribution in [2.24, 2.45) is 0 Å². The molecule has 0 rings (SSSR count). The number of rotatable bonds is 8. The Labute approximate surface area is 89.7 Å². The van der Waals surface area contributed by atoms with Crippen LogP contribution >= 0.6 is 0 Å². The number of nitrogens with one attached hydrogen (secondary N) is 1. The molecule has 1 atom stereocenters. The van der Waals surface area contributed by atoms with E-state index in [1.807, 2.05) is 0 Å². The summed E-state index contributed by atoms with van der Waals surface area (Å²) in [6.07, 6.45) is 0.245. The number of hydrogen-bond acceptors (Lipinski definition) is 4. The topological polar surface area (TPSA) is 92.7 Å². The van der Waals surface area contributed by atoms with Gasteiger partial charge in [-0.25, -0.2) is 13.1 Å². The van der Waals surface area contributed by atoms with Gasteiger partial charge >= 0.3 is 5.97 Å². The molecule has 0 aliphatic carbocycles. The highest BCUT2D eigenvalue weighted by molar-refractivity contribution is 7.90. The van der Waals surface area contributed by atoms with Gasteiger partial charge in [0.2, 0.25) is 10.0 Å². The number of carbonyl (C=O) groups is 1. The highest BCUT2D eigenvalue weighted by atomic mass is 32.2. The Kier molecular flexibility index (Phi) is 6.46. The fourth-order valence-electron chi connectivity index (χ4n) is 0.921. The first-order chi connectivity index (χ1) is 6.90. The van der Waals surface area contributed by atoms with E-state index in [0.717, 1.165) is 0 Å². The molecular weight excluding hydrogens is 222 g/mol. The molecule has 7 heteroatoms. The molecule has 0 radical (unpaired) electrons. The number of carboxylic acids is 1. The van der Waals surface area contributed by atoms with Crippen LogP contribution in [0.3, 0.4) is 0 Å². The third-order valence-corrected chi connectivity index (χ3v) is 3.60. The average Bonchev–Trinajstić information content (AvgIpc) is 2.12. The zero-order valence-corrected chi connectivity index (χ0v) is 9.71. The van der Waals surface area contributed by atoms with Crippen LogP contribution in [-0.4, -0.2) is 45.0 Å². The third-order valence-electron chi connectivity index (χ3n) is 1.80. The van der Waals surface area contributed by atoms with Crippen LogP contribution in [0.1, 0.15) is 19.8 Å². The minimum Gasteiger partial charge on any atom is -0.481 e. The summed E-state index contributed by atoms with van der Waals surface area (Å²) in [5, 5.41) is 7.71. The molecule has 6 nitrogen and oxygen atoms in total. The van der Waals surface area contributed by atoms with Gasteiger partial charge in [-0.15, -0.1) is 0 Å². The van der Waals surface area contributed by atoms with Crippen LogP contribution < -0.4 is 4.72 Å². The molecular formula is C8H17NO5S. The number of aliphatic carboxylic acids is 1. The van der Waals surface area contributed by atoms with Crippen LogP contribution in [0.5, 0.6) is 0 Å². The minimum atomic E-state index is -3.39. The predicted octanol–water partition coefficient (Wildman–Crippen LogP) is -0.194. The van der Waals surface area contributed by atoms with E-state index in [1.165, 1.54) is 14.0 Å². The number of methoxy groups -OCH3 is 1. The lowest BCUT2D eigenvalue weighted by atomic mass is 10.3. The lowest BCUT2D eigenvalue weighted by molar-refractivity contribution is -0.137. The van der Waals surface area contributed by atoms with Crippen molar-refractivity contribution >= 4 is 16.0 Å². The summed E-state index contributed by atoms with van der Waals surface area (Å²) in [4.78, 5) is 10.2. The maximum absolute atomic E-state index is 11.4. The van der Waals surface area contributed by atoms with Gasteiger partial charge in [0.15, 0.2) is 0 Å². The van der Waals surface area contributed by atoms with Crippen molar-refractivity contribution in [1.29, 1.82) is 0 Å². The second kappa shape index (κ2) is 6.76. The highest BCUT2D eigenvalue weighted by Crippen LogP contribution is 1.99. The quantitative estimate of drug-likeness (QED) is 0.572. The molecule has 0 aliphatic rings. The van der Waals surface area contributed by atoms with Gasteiger partial charge in [0.05, 0.1) is 11.9 Å². The highest BCUT2D eigenvalue weighted by Gasteiger charge is 2.19. The molecule has 2 N–H and O–H groups in total. The van der Waals surface area contributed by atoms with E-state index in [9.17, 15) is 13.2 Å². The molecule has 0 aromatic rings. The Balaban J connectivity index is 3.89. The van der Waals surface area contributed by atoms with Gasteiger partial charge in [0.25, 0.3) is 0 Å². The first kappa shape index (κ1) is 14.3. The number of hydrogen-bond donors (Lipinski definition) is 2. The maximum atomic E-state index is 11.4. The van der Waals surface area contributed by atoms with Crippen LogP contribution in [0.4, 0.5) is 0 Å². The van der Waals surface area contributed by atoms with E-state index < -0.39 is 21.2 Å². The molecule has 0 amide bonds. The van der Waals surface area contributed by atoms with Crippen molar-refractivity contribution in [3.8, 4) is 0 Å². The molecule has 0 saturated heterocycles. The summed E-state index contributed by atoms with van der Waals surface area (Å²) >= 11 is 0. The van der Waals surface area contributed by atoms with Crippen LogP contribution in [0, 0.1) is 0 Å². The van der Waals surface area contributed by atoms with Gasteiger partial charge in [-0.05, 0) is 13.3 Å². The second-order valence-corrected chi connectivity index (χ2v) is 5.39. The Morgan fingerprint density at radius 2 is 2.13 bits per heavy atom. The minimum absolute atomic E-state index is 0.0405. The molecule has 15 heavy (non-hydrogen) atoms. The van der Waals surface area contributed by atoms with Crippen LogP contribution in [0.25, 0.3) is 0 Å². The van der Waals surface area contributed by atoms with Crippen molar-refractivity contribution in [1.82, 2.24) is 4.72 Å². The van der Waals surface area contributed by atoms with Gasteiger partial charge < -0.3 is 9.84 Å². The summed E-state index contributed by atoms with van der Waals surface area (Å²) < 4.78 is 29.9. The lowest BCUT2D eigenvalue weighted by Crippen LogP contribution is -2.35. The van der Waals surface area contributed by atoms with E-state index in [2.05, 4.69) is 4.72 Å². The number of sulfonamides is 1. The zero-order valence-electron chi connectivity index (χ0n) is 8.89. The van der Waals surface area contributed by atoms with Crippen LogP contribution in [-0.2, 0) is 19.6 Å². The molecule has 0 spiro atoms. The van der Waals surface area contributed by atoms with Crippen molar-refractivity contribution in [3.05, 3.63) is 0 Å². The smallest absolute Gasteiger partial charge is 0.303 e. The largest absolute Gasteiger partial charge is 0.481 e. The molecule has 0 aliphatic heterocycles. The van der Waals surface area contributed by atoms with Gasteiger partial charge in [-0.1, -0.05) is 0 Å². The van der Waals surface area contributed by atoms with E-state index in [0.29, 0.717) is 0 Å². The maximum Gasteiger partial charge on any atom is 0.303 e. The monoisotopic (exact) mass is 239 g/mol. The Morgan fingerprint density at radius 3 is 2.60 bits per heavy atom. The van der Waals surface area contributed by atoms with E-state index in [4.69, 9.17) is 9.84 Å². The van der Waals surface area contributed by atoms with Crippen molar-refractivity contribution < 1.29 is 23.1 Å². The summed E-state index contributed by atoms with van der Waals surface area (Å²) in [6, 6.07) is 0.